The van der Waals surface area contributed by atoms with Gasteiger partial charge < -0.3 is 9.15 Å². The van der Waals surface area contributed by atoms with Gasteiger partial charge in [0.15, 0.2) is 5.13 Å². The number of ether oxygens (including phenoxy) is 1. The van der Waals surface area contributed by atoms with Crippen LogP contribution < -0.4 is 9.64 Å². The van der Waals surface area contributed by atoms with E-state index in [1.165, 1.54) is 17.4 Å². The van der Waals surface area contributed by atoms with Crippen LogP contribution in [0.15, 0.2) is 70.2 Å². The van der Waals surface area contributed by atoms with Crippen LogP contribution in [0.2, 0.25) is 0 Å². The zero-order chi connectivity index (χ0) is 21.6. The summed E-state index contributed by atoms with van der Waals surface area (Å²) >= 11 is 3.00. The number of furan rings is 1. The van der Waals surface area contributed by atoms with Crippen LogP contribution in [0.25, 0.3) is 10.2 Å². The first kappa shape index (κ1) is 21.4. The normalized spacial score (nSPS) is 11.0. The fourth-order valence-corrected chi connectivity index (χ4v) is 4.91. The predicted octanol–water partition coefficient (Wildman–Crippen LogP) is 6.14. The Bertz CT molecular complexity index is 1140. The van der Waals surface area contributed by atoms with Gasteiger partial charge in [-0.1, -0.05) is 17.4 Å². The van der Waals surface area contributed by atoms with E-state index in [1.54, 1.807) is 48.2 Å². The number of hydrogen-bond acceptors (Lipinski definition) is 6. The number of thioether (sulfide) groups is 1. The van der Waals surface area contributed by atoms with Crippen molar-refractivity contribution in [2.24, 2.45) is 0 Å². The molecule has 1 amide bonds. The average Bonchev–Trinajstić information content (AvgIpc) is 3.45. The number of hydrogen-bond donors (Lipinski definition) is 0. The Kier molecular flexibility index (Phi) is 6.89. The van der Waals surface area contributed by atoms with Gasteiger partial charge in [0.25, 0.3) is 0 Å². The second kappa shape index (κ2) is 9.98. The van der Waals surface area contributed by atoms with Gasteiger partial charge in [-0.25, -0.2) is 9.37 Å². The van der Waals surface area contributed by atoms with Crippen LogP contribution in [-0.4, -0.2) is 23.8 Å². The molecule has 0 unspecified atom stereocenters. The Hall–Kier alpha value is -2.84. The van der Waals surface area contributed by atoms with Crippen LogP contribution in [0.3, 0.4) is 0 Å². The largest absolute Gasteiger partial charge is 0.497 e. The number of halogens is 1. The van der Waals surface area contributed by atoms with Gasteiger partial charge in [-0.3, -0.25) is 9.69 Å². The number of para-hydroxylation sites is 1. The minimum atomic E-state index is -0.388. The molecule has 0 N–H and O–H groups in total. The third-order valence-electron chi connectivity index (χ3n) is 4.65. The van der Waals surface area contributed by atoms with Crippen LogP contribution in [0, 0.1) is 5.82 Å². The summed E-state index contributed by atoms with van der Waals surface area (Å²) in [5, 5.41) is 0.476. The van der Waals surface area contributed by atoms with Crippen molar-refractivity contribution < 1.29 is 18.3 Å². The van der Waals surface area contributed by atoms with E-state index < -0.39 is 0 Å². The van der Waals surface area contributed by atoms with Crippen molar-refractivity contribution in [1.82, 2.24) is 4.98 Å². The number of methoxy groups -OCH3 is 1. The monoisotopic (exact) mass is 456 g/mol. The summed E-state index contributed by atoms with van der Waals surface area (Å²) in [6, 6.07) is 16.3. The number of aromatic nitrogens is 1. The lowest BCUT2D eigenvalue weighted by atomic mass is 10.3. The lowest BCUT2D eigenvalue weighted by Gasteiger charge is -2.18. The van der Waals surface area contributed by atoms with E-state index in [4.69, 9.17) is 9.15 Å². The van der Waals surface area contributed by atoms with Crippen molar-refractivity contribution in [3.63, 3.8) is 0 Å². The molecule has 0 aliphatic rings. The summed E-state index contributed by atoms with van der Waals surface area (Å²) in [7, 11) is 1.64. The van der Waals surface area contributed by atoms with Crippen LogP contribution >= 0.6 is 23.1 Å². The maximum Gasteiger partial charge on any atom is 0.229 e. The molecule has 8 heteroatoms. The maximum atomic E-state index is 14.1. The standard InChI is InChI=1S/C23H21FN2O3S2/c1-28-16-9-11-18(12-10-16)30-14-4-8-21(27)26(15-17-5-3-13-29-17)23-25-22-19(24)6-2-7-20(22)31-23/h2-3,5-7,9-13H,4,8,14-15H2,1H3. The molecule has 2 aromatic heterocycles. The Labute approximate surface area is 187 Å². The molecule has 4 aromatic rings. The molecule has 2 aromatic carbocycles. The predicted molar refractivity (Wildman–Crippen MR) is 122 cm³/mol. The Morgan fingerprint density at radius 2 is 2.03 bits per heavy atom. The first-order valence-corrected chi connectivity index (χ1v) is 11.6. The van der Waals surface area contributed by atoms with Gasteiger partial charge in [0.05, 0.1) is 24.6 Å². The second-order valence-electron chi connectivity index (χ2n) is 6.77. The molecule has 0 aliphatic carbocycles. The fraction of sp³-hybridized carbons (Fsp3) is 0.217. The summed E-state index contributed by atoms with van der Waals surface area (Å²) in [6.07, 6.45) is 2.65. The van der Waals surface area contributed by atoms with Gasteiger partial charge in [0, 0.05) is 11.3 Å². The number of benzene rings is 2. The van der Waals surface area contributed by atoms with Crippen molar-refractivity contribution >= 4 is 44.4 Å². The summed E-state index contributed by atoms with van der Waals surface area (Å²) in [4.78, 5) is 20.2. The molecular weight excluding hydrogens is 435 g/mol. The SMILES string of the molecule is COc1ccc(SCCCC(=O)N(Cc2ccco2)c2nc3c(F)cccc3s2)cc1. The van der Waals surface area contributed by atoms with E-state index in [2.05, 4.69) is 4.98 Å². The summed E-state index contributed by atoms with van der Waals surface area (Å²) in [6.45, 7) is 0.263. The molecule has 4 rings (SSSR count). The average molecular weight is 457 g/mol. The van der Waals surface area contributed by atoms with Gasteiger partial charge in [-0.2, -0.15) is 0 Å². The molecule has 31 heavy (non-hydrogen) atoms. The number of rotatable bonds is 9. The topological polar surface area (TPSA) is 55.6 Å². The third kappa shape index (κ3) is 5.26. The first-order valence-electron chi connectivity index (χ1n) is 9.78. The van der Waals surface area contributed by atoms with Gasteiger partial charge >= 0.3 is 0 Å². The fourth-order valence-electron chi connectivity index (χ4n) is 3.06. The van der Waals surface area contributed by atoms with Crippen molar-refractivity contribution in [3.8, 4) is 5.75 Å². The lowest BCUT2D eigenvalue weighted by molar-refractivity contribution is -0.118. The van der Waals surface area contributed by atoms with Crippen LogP contribution in [0.4, 0.5) is 9.52 Å². The van der Waals surface area contributed by atoms with E-state index in [9.17, 15) is 9.18 Å². The molecule has 0 atom stereocenters. The Morgan fingerprint density at radius 1 is 1.19 bits per heavy atom. The summed E-state index contributed by atoms with van der Waals surface area (Å²) < 4.78 is 25.4. The molecule has 0 spiro atoms. The van der Waals surface area contributed by atoms with E-state index in [0.717, 1.165) is 16.4 Å². The van der Waals surface area contributed by atoms with Gasteiger partial charge in [-0.05, 0) is 60.7 Å². The number of fused-ring (bicyclic) bond motifs is 1. The minimum absolute atomic E-state index is 0.0637. The van der Waals surface area contributed by atoms with Crippen LogP contribution in [0.5, 0.6) is 5.75 Å². The number of nitrogens with zero attached hydrogens (tertiary/aromatic N) is 2. The van der Waals surface area contributed by atoms with Gasteiger partial charge in [0.1, 0.15) is 22.8 Å². The van der Waals surface area contributed by atoms with Crippen molar-refractivity contribution in [3.05, 3.63) is 72.4 Å². The number of carbonyl (C=O) groups is 1. The van der Waals surface area contributed by atoms with Crippen molar-refractivity contribution in [2.45, 2.75) is 24.3 Å². The highest BCUT2D eigenvalue weighted by atomic mass is 32.2. The molecule has 0 fully saturated rings. The third-order valence-corrected chi connectivity index (χ3v) is 6.79. The number of carbonyl (C=O) groups excluding carboxylic acids is 1. The highest BCUT2D eigenvalue weighted by molar-refractivity contribution is 7.99. The minimum Gasteiger partial charge on any atom is -0.497 e. The zero-order valence-corrected chi connectivity index (χ0v) is 18.5. The molecule has 0 saturated heterocycles. The Balaban J connectivity index is 1.43. The lowest BCUT2D eigenvalue weighted by Crippen LogP contribution is -2.30. The van der Waals surface area contributed by atoms with Gasteiger partial charge in [0.2, 0.25) is 5.91 Å². The van der Waals surface area contributed by atoms with Crippen LogP contribution in [-0.2, 0) is 11.3 Å². The molecule has 0 saturated carbocycles. The summed E-state index contributed by atoms with van der Waals surface area (Å²) in [5.41, 5.74) is 0.287. The first-order chi connectivity index (χ1) is 15.1. The van der Waals surface area contributed by atoms with E-state index in [-0.39, 0.29) is 23.8 Å². The Morgan fingerprint density at radius 3 is 2.74 bits per heavy atom. The molecule has 0 radical (unpaired) electrons. The smallest absolute Gasteiger partial charge is 0.229 e. The number of anilines is 1. The van der Waals surface area contributed by atoms with E-state index in [1.807, 2.05) is 30.3 Å². The highest BCUT2D eigenvalue weighted by Gasteiger charge is 2.21. The maximum absolute atomic E-state index is 14.1. The highest BCUT2D eigenvalue weighted by Crippen LogP contribution is 2.32. The number of amides is 1. The molecule has 160 valence electrons. The van der Waals surface area contributed by atoms with E-state index >= 15 is 0 Å². The van der Waals surface area contributed by atoms with Crippen molar-refractivity contribution in [2.75, 3.05) is 17.8 Å². The molecular formula is C23H21FN2O3S2. The van der Waals surface area contributed by atoms with Gasteiger partial charge in [-0.15, -0.1) is 11.8 Å². The second-order valence-corrected chi connectivity index (χ2v) is 8.95. The molecule has 0 bridgehead atoms. The number of thiazole rings is 1. The molecule has 0 aliphatic heterocycles. The van der Waals surface area contributed by atoms with Crippen molar-refractivity contribution in [1.29, 1.82) is 0 Å². The quantitative estimate of drug-likeness (QED) is 0.224. The molecule has 5 nitrogen and oxygen atoms in total. The van der Waals surface area contributed by atoms with E-state index in [0.29, 0.717) is 28.4 Å². The van der Waals surface area contributed by atoms with Crippen LogP contribution in [0.1, 0.15) is 18.6 Å². The summed E-state index contributed by atoms with van der Waals surface area (Å²) in [5.74, 6) is 1.83. The molecule has 2 heterocycles. The zero-order valence-electron chi connectivity index (χ0n) is 16.9.